The van der Waals surface area contributed by atoms with E-state index in [1.165, 1.54) is 50.0 Å². The molecule has 8 rings (SSSR count). The lowest BCUT2D eigenvalue weighted by atomic mass is 9.55. The van der Waals surface area contributed by atoms with E-state index in [2.05, 4.69) is 38.0 Å². The molecule has 2 N–H and O–H groups in total. The highest BCUT2D eigenvalue weighted by atomic mass is 16.6. The van der Waals surface area contributed by atoms with Crippen molar-refractivity contribution in [3.05, 3.63) is 41.6 Å². The number of aromatic hydroxyl groups is 1. The molecule has 9 nitrogen and oxygen atoms in total. The van der Waals surface area contributed by atoms with E-state index in [0.29, 0.717) is 40.2 Å². The second-order valence-corrected chi connectivity index (χ2v) is 15.1. The minimum Gasteiger partial charge on any atom is -0.507 e. The monoisotopic (exact) mass is 570 g/mol. The molecular formula is C33H42N6O3. The Balaban J connectivity index is 0.869. The minimum atomic E-state index is -0.427. The number of H-pyrrole nitrogens is 1. The number of nitrogens with one attached hydrogen (secondary N) is 1. The van der Waals surface area contributed by atoms with Crippen LogP contribution in [0.5, 0.6) is 5.75 Å². The zero-order valence-corrected chi connectivity index (χ0v) is 25.2. The molecule has 2 saturated heterocycles. The number of hydrogen-bond acceptors (Lipinski definition) is 7. The molecule has 0 radical (unpaired) electrons. The van der Waals surface area contributed by atoms with Crippen LogP contribution in [0.15, 0.2) is 30.3 Å². The molecule has 5 heterocycles. The van der Waals surface area contributed by atoms with E-state index in [9.17, 15) is 9.90 Å². The molecule has 5 aliphatic rings. The van der Waals surface area contributed by atoms with Crippen LogP contribution < -0.4 is 0 Å². The van der Waals surface area contributed by atoms with Gasteiger partial charge in [-0.25, -0.2) is 4.79 Å². The molecule has 2 aromatic heterocycles. The Morgan fingerprint density at radius 1 is 1.02 bits per heavy atom. The van der Waals surface area contributed by atoms with Crippen LogP contribution in [0.1, 0.15) is 70.7 Å². The molecule has 3 aliphatic heterocycles. The third-order valence-corrected chi connectivity index (χ3v) is 10.8. The largest absolute Gasteiger partial charge is 0.507 e. The van der Waals surface area contributed by atoms with Crippen LogP contribution in [0.25, 0.3) is 22.3 Å². The zero-order valence-electron chi connectivity index (χ0n) is 25.2. The lowest BCUT2D eigenvalue weighted by Crippen LogP contribution is -2.74. The van der Waals surface area contributed by atoms with Crippen LogP contribution in [-0.4, -0.2) is 91.5 Å². The number of benzene rings is 1. The normalized spacial score (nSPS) is 26.8. The van der Waals surface area contributed by atoms with Gasteiger partial charge in [-0.1, -0.05) is 12.1 Å². The number of fused-ring (bicyclic) bond motifs is 3. The summed E-state index contributed by atoms with van der Waals surface area (Å²) in [6, 6.07) is 11.1. The third kappa shape index (κ3) is 4.14. The van der Waals surface area contributed by atoms with Gasteiger partial charge in [0.2, 0.25) is 0 Å². The van der Waals surface area contributed by atoms with Gasteiger partial charge in [-0.2, -0.15) is 0 Å². The van der Waals surface area contributed by atoms with Gasteiger partial charge in [-0.3, -0.25) is 9.80 Å². The van der Waals surface area contributed by atoms with Gasteiger partial charge in [0.05, 0.1) is 5.69 Å². The number of amides is 1. The first-order valence-corrected chi connectivity index (χ1v) is 15.6. The van der Waals surface area contributed by atoms with Crippen molar-refractivity contribution in [2.75, 3.05) is 32.7 Å². The summed E-state index contributed by atoms with van der Waals surface area (Å²) in [6.45, 7) is 13.4. The van der Waals surface area contributed by atoms with E-state index < -0.39 is 5.60 Å². The first kappa shape index (κ1) is 26.5. The summed E-state index contributed by atoms with van der Waals surface area (Å²) < 4.78 is 5.55. The van der Waals surface area contributed by atoms with Gasteiger partial charge >= 0.3 is 6.09 Å². The van der Waals surface area contributed by atoms with E-state index >= 15 is 0 Å². The molecular weight excluding hydrogens is 528 g/mol. The number of ether oxygens (including phenoxy) is 1. The molecule has 42 heavy (non-hydrogen) atoms. The van der Waals surface area contributed by atoms with Gasteiger partial charge < -0.3 is 19.7 Å². The van der Waals surface area contributed by atoms with Crippen molar-refractivity contribution in [2.45, 2.75) is 83.5 Å². The second-order valence-electron chi connectivity index (χ2n) is 15.1. The fourth-order valence-corrected chi connectivity index (χ4v) is 8.84. The fraction of sp³-hybridized carbons (Fsp3) is 0.606. The topological polar surface area (TPSA) is 97.8 Å². The van der Waals surface area contributed by atoms with E-state index in [4.69, 9.17) is 4.74 Å². The number of phenolic OH excluding ortho intramolecular Hbond substituents is 1. The first-order valence-electron chi connectivity index (χ1n) is 15.6. The Kier molecular flexibility index (Phi) is 5.62. The van der Waals surface area contributed by atoms with Gasteiger partial charge in [-0.05, 0) is 82.6 Å². The number of aromatic nitrogens is 3. The molecule has 3 aromatic rings. The SMILES string of the molecule is C[C@@H]1c2c([nH]c3nnc(-c4ccccc4O)cc23)CCN1C1CC2(C1)CN(C1CC3(C1)CN(C(=O)OC(C)(C)C)C3)C2. The van der Waals surface area contributed by atoms with Gasteiger partial charge in [0.25, 0.3) is 0 Å². The summed E-state index contributed by atoms with van der Waals surface area (Å²) in [6.07, 6.45) is 5.88. The molecule has 4 fully saturated rings. The second kappa shape index (κ2) is 8.92. The Hall–Kier alpha value is -3.17. The average molecular weight is 571 g/mol. The van der Waals surface area contributed by atoms with Crippen LogP contribution in [0.4, 0.5) is 4.79 Å². The summed E-state index contributed by atoms with van der Waals surface area (Å²) in [5.74, 6) is 0.229. The number of likely N-dealkylation sites (tertiary alicyclic amines) is 2. The number of aromatic amines is 1. The Morgan fingerprint density at radius 2 is 1.71 bits per heavy atom. The number of rotatable bonds is 3. The van der Waals surface area contributed by atoms with Crippen molar-refractivity contribution in [3.63, 3.8) is 0 Å². The Morgan fingerprint density at radius 3 is 2.43 bits per heavy atom. The Bertz CT molecular complexity index is 1550. The molecule has 1 amide bonds. The standard InChI is InChI=1S/C33H42N6O3/c1-20-28-24-11-26(23-7-5-6-8-27(23)40)35-36-29(24)34-25(28)9-10-39(20)22-14-33(15-22)16-37(17-33)21-12-32(13-21)18-38(19-32)30(41)42-31(2,3)4/h5-8,11,20-22,40H,9-10,12-19H2,1-4H3,(H,34,36)/t20-/m1/s1. The summed E-state index contributed by atoms with van der Waals surface area (Å²) in [5, 5.41) is 20.4. The fourth-order valence-electron chi connectivity index (χ4n) is 8.84. The summed E-state index contributed by atoms with van der Waals surface area (Å²) in [7, 11) is 0. The van der Waals surface area contributed by atoms with Gasteiger partial charge in [-0.15, -0.1) is 10.2 Å². The maximum Gasteiger partial charge on any atom is 0.410 e. The highest BCUT2D eigenvalue weighted by Crippen LogP contribution is 2.57. The van der Waals surface area contributed by atoms with Crippen molar-refractivity contribution in [1.29, 1.82) is 0 Å². The van der Waals surface area contributed by atoms with Crippen LogP contribution in [0.2, 0.25) is 0 Å². The molecule has 222 valence electrons. The first-order chi connectivity index (χ1) is 20.0. The quantitative estimate of drug-likeness (QED) is 0.452. The third-order valence-electron chi connectivity index (χ3n) is 10.8. The smallest absolute Gasteiger partial charge is 0.410 e. The maximum atomic E-state index is 12.3. The summed E-state index contributed by atoms with van der Waals surface area (Å²) >= 11 is 0. The van der Waals surface area contributed by atoms with E-state index in [-0.39, 0.29) is 11.8 Å². The molecule has 9 heteroatoms. The van der Waals surface area contributed by atoms with Crippen LogP contribution in [-0.2, 0) is 11.2 Å². The average Bonchev–Trinajstić information content (AvgIpc) is 3.21. The number of nitrogens with zero attached hydrogens (tertiary/aromatic N) is 5. The molecule has 0 unspecified atom stereocenters. The maximum absolute atomic E-state index is 12.3. The summed E-state index contributed by atoms with van der Waals surface area (Å²) in [5.41, 5.74) is 5.31. The molecule has 0 bridgehead atoms. The van der Waals surface area contributed by atoms with Crippen molar-refractivity contribution >= 4 is 17.1 Å². The molecule has 2 saturated carbocycles. The van der Waals surface area contributed by atoms with Crippen molar-refractivity contribution in [3.8, 4) is 17.0 Å². The Labute approximate surface area is 247 Å². The van der Waals surface area contributed by atoms with Gasteiger partial charge in [0, 0.05) is 79.3 Å². The predicted octanol–water partition coefficient (Wildman–Crippen LogP) is 5.11. The van der Waals surface area contributed by atoms with Gasteiger partial charge in [0.15, 0.2) is 5.65 Å². The zero-order chi connectivity index (χ0) is 29.0. The minimum absolute atomic E-state index is 0.157. The molecule has 1 aromatic carbocycles. The highest BCUT2D eigenvalue weighted by molar-refractivity contribution is 5.86. The van der Waals surface area contributed by atoms with Crippen molar-refractivity contribution < 1.29 is 14.6 Å². The molecule has 2 spiro atoms. The van der Waals surface area contributed by atoms with Crippen molar-refractivity contribution in [2.24, 2.45) is 10.8 Å². The van der Waals surface area contributed by atoms with E-state index in [1.807, 2.05) is 43.9 Å². The van der Waals surface area contributed by atoms with Crippen LogP contribution >= 0.6 is 0 Å². The van der Waals surface area contributed by atoms with Crippen LogP contribution in [0, 0.1) is 10.8 Å². The van der Waals surface area contributed by atoms with E-state index in [0.717, 1.165) is 37.1 Å². The predicted molar refractivity (Wildman–Crippen MR) is 160 cm³/mol. The number of phenols is 1. The van der Waals surface area contributed by atoms with Crippen molar-refractivity contribution in [1.82, 2.24) is 29.9 Å². The van der Waals surface area contributed by atoms with Crippen LogP contribution in [0.3, 0.4) is 0 Å². The molecule has 2 aliphatic carbocycles. The summed E-state index contributed by atoms with van der Waals surface area (Å²) in [4.78, 5) is 23.2. The van der Waals surface area contributed by atoms with Gasteiger partial charge in [0.1, 0.15) is 11.4 Å². The number of carbonyl (C=O) groups excluding carboxylic acids is 1. The van der Waals surface area contributed by atoms with E-state index in [1.54, 1.807) is 6.07 Å². The highest BCUT2D eigenvalue weighted by Gasteiger charge is 2.61. The lowest BCUT2D eigenvalue weighted by molar-refractivity contribution is -0.178. The lowest BCUT2D eigenvalue weighted by Gasteiger charge is -2.68. The molecule has 1 atom stereocenters. The number of carbonyl (C=O) groups is 1. The number of para-hydroxylation sites is 1. The number of hydrogen-bond donors (Lipinski definition) is 2.